The number of carbonyl (C=O) groups is 2. The van der Waals surface area contributed by atoms with Crippen molar-refractivity contribution in [2.75, 3.05) is 11.9 Å². The number of nitrogens with two attached hydrogens (primary N) is 1. The Morgan fingerprint density at radius 2 is 2.11 bits per heavy atom. The molecule has 0 aliphatic carbocycles. The van der Waals surface area contributed by atoms with Gasteiger partial charge in [0, 0.05) is 5.69 Å². The molecule has 0 aliphatic heterocycles. The minimum atomic E-state index is -0.610. The quantitative estimate of drug-likeness (QED) is 0.716. The maximum Gasteiger partial charge on any atom is 0.243 e. The highest BCUT2D eigenvalue weighted by Gasteiger charge is 2.09. The SMILES string of the molecule is CCc1cccc(NC(=O)CNC(=O)[C@@H](C)N)c1. The van der Waals surface area contributed by atoms with Crippen molar-refractivity contribution in [3.8, 4) is 0 Å². The van der Waals surface area contributed by atoms with Crippen molar-refractivity contribution >= 4 is 17.5 Å². The number of anilines is 1. The summed E-state index contributed by atoms with van der Waals surface area (Å²) in [6.07, 6.45) is 0.908. The topological polar surface area (TPSA) is 84.2 Å². The van der Waals surface area contributed by atoms with Crippen LogP contribution < -0.4 is 16.4 Å². The van der Waals surface area contributed by atoms with Crippen LogP contribution >= 0.6 is 0 Å². The van der Waals surface area contributed by atoms with Crippen LogP contribution in [0.2, 0.25) is 0 Å². The molecule has 5 nitrogen and oxygen atoms in total. The number of carbonyl (C=O) groups excluding carboxylic acids is 2. The van der Waals surface area contributed by atoms with E-state index in [9.17, 15) is 9.59 Å². The third kappa shape index (κ3) is 4.55. The normalized spacial score (nSPS) is 11.7. The summed E-state index contributed by atoms with van der Waals surface area (Å²) in [4.78, 5) is 22.8. The van der Waals surface area contributed by atoms with E-state index in [0.717, 1.165) is 17.7 Å². The third-order valence-corrected chi connectivity index (χ3v) is 2.46. The Balaban J connectivity index is 2.47. The summed E-state index contributed by atoms with van der Waals surface area (Å²) in [5, 5.41) is 5.17. The zero-order valence-electron chi connectivity index (χ0n) is 10.7. The standard InChI is InChI=1S/C13H19N3O2/c1-3-10-5-4-6-11(7-10)16-12(17)8-15-13(18)9(2)14/h4-7,9H,3,8,14H2,1-2H3,(H,15,18)(H,16,17)/t9-/m1/s1. The number of hydrogen-bond acceptors (Lipinski definition) is 3. The van der Waals surface area contributed by atoms with Crippen LogP contribution in [0.5, 0.6) is 0 Å². The Morgan fingerprint density at radius 1 is 1.39 bits per heavy atom. The van der Waals surface area contributed by atoms with Crippen molar-refractivity contribution in [1.29, 1.82) is 0 Å². The predicted octanol–water partition coefficient (Wildman–Crippen LogP) is 0.651. The van der Waals surface area contributed by atoms with Gasteiger partial charge in [-0.05, 0) is 31.0 Å². The second-order valence-electron chi connectivity index (χ2n) is 4.11. The van der Waals surface area contributed by atoms with Crippen molar-refractivity contribution in [2.45, 2.75) is 26.3 Å². The van der Waals surface area contributed by atoms with Crippen molar-refractivity contribution in [1.82, 2.24) is 5.32 Å². The van der Waals surface area contributed by atoms with Crippen LogP contribution in [0.4, 0.5) is 5.69 Å². The van der Waals surface area contributed by atoms with Crippen LogP contribution in [0.25, 0.3) is 0 Å². The fourth-order valence-corrected chi connectivity index (χ4v) is 1.40. The minimum absolute atomic E-state index is 0.0727. The second-order valence-corrected chi connectivity index (χ2v) is 4.11. The first-order valence-corrected chi connectivity index (χ1v) is 5.95. The van der Waals surface area contributed by atoms with E-state index in [-0.39, 0.29) is 18.4 Å². The highest BCUT2D eigenvalue weighted by molar-refractivity contribution is 5.95. The first-order valence-electron chi connectivity index (χ1n) is 5.95. The monoisotopic (exact) mass is 249 g/mol. The van der Waals surface area contributed by atoms with Gasteiger partial charge in [-0.1, -0.05) is 19.1 Å². The van der Waals surface area contributed by atoms with Crippen LogP contribution in [0.15, 0.2) is 24.3 Å². The lowest BCUT2D eigenvalue weighted by molar-refractivity contribution is -0.124. The summed E-state index contributed by atoms with van der Waals surface area (Å²) in [5.74, 6) is -0.607. The van der Waals surface area contributed by atoms with E-state index < -0.39 is 6.04 Å². The van der Waals surface area contributed by atoms with Gasteiger partial charge in [0.15, 0.2) is 0 Å². The third-order valence-electron chi connectivity index (χ3n) is 2.46. The molecule has 4 N–H and O–H groups in total. The Morgan fingerprint density at radius 3 is 2.72 bits per heavy atom. The number of nitrogens with one attached hydrogen (secondary N) is 2. The molecule has 1 aromatic rings. The molecule has 98 valence electrons. The van der Waals surface area contributed by atoms with E-state index in [4.69, 9.17) is 5.73 Å². The van der Waals surface area contributed by atoms with Gasteiger partial charge in [0.2, 0.25) is 11.8 Å². The lowest BCUT2D eigenvalue weighted by atomic mass is 10.1. The summed E-state index contributed by atoms with van der Waals surface area (Å²) in [5.41, 5.74) is 7.25. The molecule has 0 saturated carbocycles. The van der Waals surface area contributed by atoms with Crippen molar-refractivity contribution < 1.29 is 9.59 Å². The van der Waals surface area contributed by atoms with Gasteiger partial charge in [0.25, 0.3) is 0 Å². The molecule has 0 aromatic heterocycles. The maximum absolute atomic E-state index is 11.6. The molecule has 1 aromatic carbocycles. The smallest absolute Gasteiger partial charge is 0.243 e. The van der Waals surface area contributed by atoms with Crippen molar-refractivity contribution in [3.63, 3.8) is 0 Å². The fourth-order valence-electron chi connectivity index (χ4n) is 1.40. The van der Waals surface area contributed by atoms with E-state index in [0.29, 0.717) is 0 Å². The van der Waals surface area contributed by atoms with E-state index in [1.165, 1.54) is 0 Å². The van der Waals surface area contributed by atoms with Gasteiger partial charge >= 0.3 is 0 Å². The first kappa shape index (κ1) is 14.2. The molecule has 0 radical (unpaired) electrons. The number of hydrogen-bond donors (Lipinski definition) is 3. The Kier molecular flexibility index (Phi) is 5.32. The summed E-state index contributed by atoms with van der Waals surface area (Å²) in [6, 6.07) is 6.99. The highest BCUT2D eigenvalue weighted by atomic mass is 16.2. The Hall–Kier alpha value is -1.88. The lowest BCUT2D eigenvalue weighted by Crippen LogP contribution is -2.41. The van der Waals surface area contributed by atoms with Crippen molar-refractivity contribution in [2.24, 2.45) is 5.73 Å². The maximum atomic E-state index is 11.6. The van der Waals surface area contributed by atoms with Gasteiger partial charge in [0.1, 0.15) is 0 Å². The van der Waals surface area contributed by atoms with Gasteiger partial charge in [-0.25, -0.2) is 0 Å². The lowest BCUT2D eigenvalue weighted by Gasteiger charge is -2.09. The predicted molar refractivity (Wildman–Crippen MR) is 71.1 cm³/mol. The molecule has 2 amide bonds. The summed E-state index contributed by atoms with van der Waals surface area (Å²) in [7, 11) is 0. The van der Waals surface area contributed by atoms with E-state index in [1.807, 2.05) is 31.2 Å². The minimum Gasteiger partial charge on any atom is -0.346 e. The molecule has 1 atom stereocenters. The van der Waals surface area contributed by atoms with Crippen LogP contribution in [0.3, 0.4) is 0 Å². The molecule has 0 saturated heterocycles. The van der Waals surface area contributed by atoms with E-state index in [2.05, 4.69) is 10.6 Å². The highest BCUT2D eigenvalue weighted by Crippen LogP contribution is 2.10. The van der Waals surface area contributed by atoms with Crippen LogP contribution in [-0.4, -0.2) is 24.4 Å². The van der Waals surface area contributed by atoms with Gasteiger partial charge in [-0.15, -0.1) is 0 Å². The summed E-state index contributed by atoms with van der Waals surface area (Å²) < 4.78 is 0. The van der Waals surface area contributed by atoms with Crippen molar-refractivity contribution in [3.05, 3.63) is 29.8 Å². The molecule has 5 heteroatoms. The van der Waals surface area contributed by atoms with Gasteiger partial charge < -0.3 is 16.4 Å². The molecule has 0 spiro atoms. The molecular formula is C13H19N3O2. The van der Waals surface area contributed by atoms with E-state index in [1.54, 1.807) is 6.92 Å². The molecular weight excluding hydrogens is 230 g/mol. The molecule has 1 rings (SSSR count). The van der Waals surface area contributed by atoms with Crippen LogP contribution in [-0.2, 0) is 16.0 Å². The average Bonchev–Trinajstić information content (AvgIpc) is 2.36. The molecule has 0 fully saturated rings. The van der Waals surface area contributed by atoms with Gasteiger partial charge in [-0.3, -0.25) is 9.59 Å². The molecule has 0 unspecified atom stereocenters. The molecule has 0 heterocycles. The number of benzene rings is 1. The first-order chi connectivity index (χ1) is 8.52. The molecule has 0 bridgehead atoms. The Labute approximate surface area is 107 Å². The fraction of sp³-hybridized carbons (Fsp3) is 0.385. The number of aryl methyl sites for hydroxylation is 1. The largest absolute Gasteiger partial charge is 0.346 e. The van der Waals surface area contributed by atoms with Crippen LogP contribution in [0.1, 0.15) is 19.4 Å². The number of amides is 2. The zero-order valence-corrected chi connectivity index (χ0v) is 10.7. The Bertz CT molecular complexity index is 430. The molecule has 18 heavy (non-hydrogen) atoms. The molecule has 0 aliphatic rings. The van der Waals surface area contributed by atoms with Gasteiger partial charge in [0.05, 0.1) is 12.6 Å². The second kappa shape index (κ2) is 6.76. The number of rotatable bonds is 5. The van der Waals surface area contributed by atoms with Crippen LogP contribution in [0, 0.1) is 0 Å². The summed E-state index contributed by atoms with van der Waals surface area (Å²) in [6.45, 7) is 3.54. The zero-order chi connectivity index (χ0) is 13.5. The average molecular weight is 249 g/mol. The van der Waals surface area contributed by atoms with E-state index >= 15 is 0 Å². The summed E-state index contributed by atoms with van der Waals surface area (Å²) >= 11 is 0. The van der Waals surface area contributed by atoms with Gasteiger partial charge in [-0.2, -0.15) is 0 Å².